The van der Waals surface area contributed by atoms with Crippen LogP contribution in [-0.2, 0) is 4.79 Å². The highest BCUT2D eigenvalue weighted by molar-refractivity contribution is 6.33. The van der Waals surface area contributed by atoms with Crippen LogP contribution in [0.25, 0.3) is 0 Å². The largest absolute Gasteiger partial charge is 0.497 e. The Morgan fingerprint density at radius 2 is 1.86 bits per heavy atom. The van der Waals surface area contributed by atoms with Crippen molar-refractivity contribution >= 4 is 41.5 Å². The lowest BCUT2D eigenvalue weighted by Gasteiger charge is -2.32. The molecule has 0 spiro atoms. The molecular weight excluding hydrogens is 488 g/mol. The number of aliphatic hydroxyl groups is 1. The monoisotopic (exact) mass is 513 g/mol. The zero-order chi connectivity index (χ0) is 25.8. The number of amides is 3. The number of aliphatic hydroxyl groups excluding tert-OH is 1. The average Bonchev–Trinajstić information content (AvgIpc) is 3.24. The number of hydrazone groups is 1. The number of hydrogen-bond donors (Lipinski definition) is 2. The molecule has 2 heterocycles. The van der Waals surface area contributed by atoms with Crippen LogP contribution in [0.5, 0.6) is 11.5 Å². The van der Waals surface area contributed by atoms with Crippen LogP contribution in [0.15, 0.2) is 58.6 Å². The van der Waals surface area contributed by atoms with Crippen molar-refractivity contribution in [3.05, 3.63) is 59.1 Å². The van der Waals surface area contributed by atoms with Gasteiger partial charge in [0.05, 0.1) is 19.9 Å². The molecule has 0 saturated carbocycles. The second kappa shape index (κ2) is 10.8. The molecule has 2 aliphatic heterocycles. The highest BCUT2D eigenvalue weighted by atomic mass is 35.5. The lowest BCUT2D eigenvalue weighted by Crippen LogP contribution is -2.62. The quantitative estimate of drug-likeness (QED) is 0.313. The fraction of sp³-hybridized carbons (Fsp3) is 0.292. The lowest BCUT2D eigenvalue weighted by molar-refractivity contribution is -0.545. The molecule has 0 aromatic heterocycles. The van der Waals surface area contributed by atoms with Crippen molar-refractivity contribution in [2.45, 2.75) is 12.1 Å². The number of nitrogens with one attached hydrogen (secondary N) is 1. The van der Waals surface area contributed by atoms with Crippen molar-refractivity contribution in [1.29, 1.82) is 0 Å². The van der Waals surface area contributed by atoms with Crippen LogP contribution in [-0.4, -0.2) is 95.9 Å². The number of urea groups is 1. The van der Waals surface area contributed by atoms with Crippen molar-refractivity contribution in [2.24, 2.45) is 10.1 Å². The number of aliphatic imine (C=N–C) groups is 1. The van der Waals surface area contributed by atoms with Gasteiger partial charge in [-0.15, -0.1) is 5.10 Å². The first-order valence-electron chi connectivity index (χ1n) is 11.1. The normalized spacial score (nSPS) is 18.5. The number of hydrogen-bond acceptors (Lipinski definition) is 8. The molecule has 2 aromatic carbocycles. The Labute approximate surface area is 212 Å². The van der Waals surface area contributed by atoms with Gasteiger partial charge in [-0.2, -0.15) is 5.43 Å². The minimum absolute atomic E-state index is 0.0145. The van der Waals surface area contributed by atoms with Crippen molar-refractivity contribution < 1.29 is 28.7 Å². The predicted molar refractivity (Wildman–Crippen MR) is 134 cm³/mol. The first-order valence-corrected chi connectivity index (χ1v) is 11.4. The van der Waals surface area contributed by atoms with Crippen molar-refractivity contribution in [1.82, 2.24) is 15.2 Å². The average molecular weight is 514 g/mol. The Balaban J connectivity index is 1.54. The van der Waals surface area contributed by atoms with E-state index in [-0.39, 0.29) is 24.9 Å². The topological polar surface area (TPSA) is 119 Å². The van der Waals surface area contributed by atoms with E-state index in [1.165, 1.54) is 25.2 Å². The first-order chi connectivity index (χ1) is 17.3. The molecule has 2 aromatic rings. The van der Waals surface area contributed by atoms with Crippen LogP contribution >= 0.6 is 11.6 Å². The molecule has 0 radical (unpaired) electrons. The van der Waals surface area contributed by atoms with Crippen LogP contribution in [0.4, 0.5) is 4.79 Å². The van der Waals surface area contributed by atoms with Crippen molar-refractivity contribution in [2.75, 3.05) is 34.4 Å². The fourth-order valence-corrected chi connectivity index (χ4v) is 3.95. The van der Waals surface area contributed by atoms with Crippen molar-refractivity contribution in [3.8, 4) is 11.5 Å². The number of benzene rings is 2. The molecule has 2 unspecified atom stereocenters. The Morgan fingerprint density at radius 3 is 2.56 bits per heavy atom. The van der Waals surface area contributed by atoms with Crippen LogP contribution < -0.4 is 14.9 Å². The SMILES string of the molecule is COc1ccc(OCC(O)C[N+]2=C(N/N=C/c3ccccc3Cl)N=C3C2C(=O)N(C)C(=O)N3C)cc1. The zero-order valence-electron chi connectivity index (χ0n) is 20.0. The summed E-state index contributed by atoms with van der Waals surface area (Å²) in [5, 5.41) is 15.5. The number of carbonyl (C=O) groups is 2. The van der Waals surface area contributed by atoms with Crippen molar-refractivity contribution in [3.63, 3.8) is 0 Å². The minimum Gasteiger partial charge on any atom is -0.497 e. The second-order valence-electron chi connectivity index (χ2n) is 8.12. The number of imide groups is 1. The summed E-state index contributed by atoms with van der Waals surface area (Å²) < 4.78 is 12.4. The standard InChI is InChI=1S/C24H25ClN6O5/c1-29-21-20(22(33)30(2)24(29)34)31(13-16(32)14-36-18-10-8-17(35-3)9-11-18)23(27-21)28-26-12-15-6-4-5-7-19(15)25/h4-12,16,20,32H,13-14H2,1-3H3/p+1/b26-12+. The van der Waals surface area contributed by atoms with Gasteiger partial charge in [0, 0.05) is 24.7 Å². The van der Waals surface area contributed by atoms with Gasteiger partial charge in [0.2, 0.25) is 11.9 Å². The fourth-order valence-electron chi connectivity index (χ4n) is 3.76. The Bertz CT molecular complexity index is 1250. The van der Waals surface area contributed by atoms with Crippen LogP contribution in [0.1, 0.15) is 5.56 Å². The van der Waals surface area contributed by atoms with Crippen LogP contribution in [0.3, 0.4) is 0 Å². The van der Waals surface area contributed by atoms with E-state index in [4.69, 9.17) is 21.1 Å². The van der Waals surface area contributed by atoms with Gasteiger partial charge < -0.3 is 14.6 Å². The third-order valence-electron chi connectivity index (χ3n) is 5.71. The van der Waals surface area contributed by atoms with Gasteiger partial charge in [-0.25, -0.2) is 9.37 Å². The molecular formula is C24H26ClN6O5+. The van der Waals surface area contributed by atoms with E-state index in [1.807, 2.05) is 12.1 Å². The maximum atomic E-state index is 13.0. The third kappa shape index (κ3) is 5.16. The molecule has 1 fully saturated rings. The molecule has 188 valence electrons. The number of fused-ring (bicyclic) bond motifs is 1. The molecule has 36 heavy (non-hydrogen) atoms. The highest BCUT2D eigenvalue weighted by Gasteiger charge is 2.51. The summed E-state index contributed by atoms with van der Waals surface area (Å²) >= 11 is 6.18. The number of nitrogens with zero attached hydrogens (tertiary/aromatic N) is 5. The zero-order valence-corrected chi connectivity index (χ0v) is 20.7. The summed E-state index contributed by atoms with van der Waals surface area (Å²) in [6.07, 6.45) is 0.522. The maximum Gasteiger partial charge on any atom is 0.414 e. The number of halogens is 1. The number of guanidine groups is 1. The molecule has 12 heteroatoms. The summed E-state index contributed by atoms with van der Waals surface area (Å²) in [4.78, 5) is 32.2. The molecule has 0 aliphatic carbocycles. The van der Waals surface area contributed by atoms with E-state index in [0.29, 0.717) is 22.1 Å². The number of rotatable bonds is 8. The molecule has 0 bridgehead atoms. The van der Waals surface area contributed by atoms with E-state index < -0.39 is 24.1 Å². The number of likely N-dealkylation sites (N-methyl/N-ethyl adjacent to an activating group) is 2. The number of carbonyl (C=O) groups excluding carboxylic acids is 2. The third-order valence-corrected chi connectivity index (χ3v) is 6.06. The minimum atomic E-state index is -0.993. The van der Waals surface area contributed by atoms with Crippen LogP contribution in [0, 0.1) is 0 Å². The maximum absolute atomic E-state index is 13.0. The smallest absolute Gasteiger partial charge is 0.414 e. The second-order valence-corrected chi connectivity index (χ2v) is 8.53. The van der Waals surface area contributed by atoms with Gasteiger partial charge >= 0.3 is 12.0 Å². The number of amidine groups is 1. The van der Waals surface area contributed by atoms with Crippen LogP contribution in [0.2, 0.25) is 5.02 Å². The first kappa shape index (κ1) is 25.1. The number of methoxy groups -OCH3 is 1. The molecule has 2 aliphatic rings. The highest BCUT2D eigenvalue weighted by Crippen LogP contribution is 2.20. The van der Waals surface area contributed by atoms with Gasteiger partial charge in [0.25, 0.3) is 5.91 Å². The van der Waals surface area contributed by atoms with E-state index in [1.54, 1.807) is 48.1 Å². The molecule has 2 N–H and O–H groups in total. The molecule has 1 saturated heterocycles. The Hall–Kier alpha value is -3.96. The van der Waals surface area contributed by atoms with E-state index in [0.717, 1.165) is 4.90 Å². The Morgan fingerprint density at radius 1 is 1.17 bits per heavy atom. The molecule has 3 amide bonds. The van der Waals surface area contributed by atoms with E-state index in [9.17, 15) is 14.7 Å². The predicted octanol–water partition coefficient (Wildman–Crippen LogP) is 1.38. The summed E-state index contributed by atoms with van der Waals surface area (Å²) in [7, 11) is 4.51. The van der Waals surface area contributed by atoms with Gasteiger partial charge in [-0.1, -0.05) is 34.8 Å². The summed E-state index contributed by atoms with van der Waals surface area (Å²) in [5.74, 6) is 1.21. The summed E-state index contributed by atoms with van der Waals surface area (Å²) in [6, 6.07) is 12.7. The van der Waals surface area contributed by atoms with Gasteiger partial charge in [-0.05, 0) is 30.3 Å². The lowest BCUT2D eigenvalue weighted by atomic mass is 10.1. The van der Waals surface area contributed by atoms with Gasteiger partial charge in [0.1, 0.15) is 24.2 Å². The number of ether oxygens (including phenoxy) is 2. The van der Waals surface area contributed by atoms with Gasteiger partial charge in [0.15, 0.2) is 0 Å². The molecule has 2 atom stereocenters. The molecule has 4 rings (SSSR count). The summed E-state index contributed by atoms with van der Waals surface area (Å²) in [6.45, 7) is -0.0563. The van der Waals surface area contributed by atoms with E-state index >= 15 is 0 Å². The van der Waals surface area contributed by atoms with Gasteiger partial charge in [-0.3, -0.25) is 14.6 Å². The molecule has 11 nitrogen and oxygen atoms in total. The number of β-amino-alcohol motifs (C(OH)–C–C–N with tert-alkyl or cyclic N) is 1. The summed E-state index contributed by atoms with van der Waals surface area (Å²) in [5.41, 5.74) is 3.50. The Kier molecular flexibility index (Phi) is 7.51. The van der Waals surface area contributed by atoms with E-state index in [2.05, 4.69) is 15.5 Å².